The second-order valence-corrected chi connectivity index (χ2v) is 7.37. The van der Waals surface area contributed by atoms with Crippen LogP contribution in [-0.4, -0.2) is 52.3 Å². The molecule has 0 aromatic carbocycles. The van der Waals surface area contributed by atoms with Gasteiger partial charge < -0.3 is 20.5 Å². The third-order valence-electron chi connectivity index (χ3n) is 4.27. The Morgan fingerprint density at radius 3 is 2.66 bits per heavy atom. The Kier molecular flexibility index (Phi) is 8.21. The third-order valence-corrected chi connectivity index (χ3v) is 5.11. The van der Waals surface area contributed by atoms with E-state index in [0.29, 0.717) is 12.8 Å². The zero-order chi connectivity index (χ0) is 21.3. The van der Waals surface area contributed by atoms with Gasteiger partial charge in [-0.15, -0.1) is 0 Å². The molecular formula is C18H23N5O5S. The summed E-state index contributed by atoms with van der Waals surface area (Å²) < 4.78 is 9.77. The highest BCUT2D eigenvalue weighted by molar-refractivity contribution is 7.99. The minimum atomic E-state index is -0.872. The number of nitriles is 1. The number of ether oxygens (including phenoxy) is 2. The Morgan fingerprint density at radius 2 is 2.03 bits per heavy atom. The van der Waals surface area contributed by atoms with E-state index in [4.69, 9.17) is 15.2 Å². The Balaban J connectivity index is 1.78. The molecule has 29 heavy (non-hydrogen) atoms. The van der Waals surface area contributed by atoms with Crippen molar-refractivity contribution >= 4 is 35.4 Å². The monoisotopic (exact) mass is 421 g/mol. The van der Waals surface area contributed by atoms with Gasteiger partial charge in [-0.25, -0.2) is 14.8 Å². The average molecular weight is 421 g/mol. The summed E-state index contributed by atoms with van der Waals surface area (Å²) >= 11 is 0.955. The summed E-state index contributed by atoms with van der Waals surface area (Å²) in [7, 11) is 0. The van der Waals surface area contributed by atoms with Crippen LogP contribution in [0.4, 0.5) is 5.82 Å². The van der Waals surface area contributed by atoms with Gasteiger partial charge >= 0.3 is 11.9 Å². The summed E-state index contributed by atoms with van der Waals surface area (Å²) in [5, 5.41) is 12.2. The van der Waals surface area contributed by atoms with E-state index in [9.17, 15) is 19.6 Å². The molecule has 10 nitrogen and oxygen atoms in total. The number of amides is 1. The molecule has 1 amide bonds. The normalized spacial score (nSPS) is 15.0. The van der Waals surface area contributed by atoms with Crippen LogP contribution < -0.4 is 11.1 Å². The molecule has 0 spiro atoms. The molecule has 3 N–H and O–H groups in total. The van der Waals surface area contributed by atoms with Crippen LogP contribution in [0.1, 0.15) is 49.4 Å². The van der Waals surface area contributed by atoms with Crippen molar-refractivity contribution in [3.8, 4) is 6.07 Å². The zero-order valence-electron chi connectivity index (χ0n) is 16.1. The molecule has 0 unspecified atom stereocenters. The number of nitrogens with two attached hydrogens (primary N) is 1. The van der Waals surface area contributed by atoms with E-state index >= 15 is 0 Å². The summed E-state index contributed by atoms with van der Waals surface area (Å²) in [6.07, 6.45) is 5.22. The van der Waals surface area contributed by atoms with Crippen molar-refractivity contribution in [3.05, 3.63) is 11.8 Å². The number of nitrogens with zero attached hydrogens (tertiary/aromatic N) is 3. The molecule has 1 aromatic heterocycles. The second-order valence-electron chi connectivity index (χ2n) is 6.42. The molecule has 1 fully saturated rings. The number of hydrogen-bond donors (Lipinski definition) is 2. The number of esters is 2. The lowest BCUT2D eigenvalue weighted by Crippen LogP contribution is -2.50. The van der Waals surface area contributed by atoms with Crippen LogP contribution in [0, 0.1) is 11.3 Å². The van der Waals surface area contributed by atoms with Crippen molar-refractivity contribution in [2.75, 3.05) is 24.7 Å². The van der Waals surface area contributed by atoms with E-state index in [2.05, 4.69) is 21.4 Å². The summed E-state index contributed by atoms with van der Waals surface area (Å²) in [4.78, 5) is 43.4. The van der Waals surface area contributed by atoms with E-state index < -0.39 is 30.0 Å². The second kappa shape index (κ2) is 10.6. The third kappa shape index (κ3) is 6.60. The van der Waals surface area contributed by atoms with Crippen LogP contribution >= 0.6 is 11.8 Å². The standard InChI is InChI=1S/C18H23N5O5S/c1-2-27-16(26)12-8-21-17(22-15(12)20)29-10-14(25)28-9-13(24)23-18(11-19)6-4-3-5-7-18/h8H,2-7,9-10H2,1H3,(H,23,24)(H2,20,21,22). The predicted octanol–water partition coefficient (Wildman–Crippen LogP) is 1.21. The van der Waals surface area contributed by atoms with Gasteiger partial charge in [0.2, 0.25) is 0 Å². The van der Waals surface area contributed by atoms with Gasteiger partial charge in [0.15, 0.2) is 11.8 Å². The lowest BCUT2D eigenvalue weighted by molar-refractivity contribution is -0.146. The molecule has 156 valence electrons. The highest BCUT2D eigenvalue weighted by atomic mass is 32.2. The lowest BCUT2D eigenvalue weighted by Gasteiger charge is -2.31. The first-order valence-corrected chi connectivity index (χ1v) is 10.2. The maximum atomic E-state index is 12.0. The summed E-state index contributed by atoms with van der Waals surface area (Å²) in [5.74, 6) is -1.97. The van der Waals surface area contributed by atoms with Gasteiger partial charge in [-0.2, -0.15) is 5.26 Å². The minimum absolute atomic E-state index is 0.0459. The molecule has 1 saturated carbocycles. The van der Waals surface area contributed by atoms with Crippen LogP contribution in [0.25, 0.3) is 0 Å². The summed E-state index contributed by atoms with van der Waals surface area (Å²) in [6, 6.07) is 2.17. The van der Waals surface area contributed by atoms with Crippen LogP contribution in [0.2, 0.25) is 0 Å². The first-order valence-electron chi connectivity index (χ1n) is 9.19. The maximum Gasteiger partial charge on any atom is 0.343 e. The van der Waals surface area contributed by atoms with Gasteiger partial charge in [0.05, 0.1) is 18.4 Å². The average Bonchev–Trinajstić information content (AvgIpc) is 2.71. The number of thioether (sulfide) groups is 1. The van der Waals surface area contributed by atoms with Crippen LogP contribution in [0.15, 0.2) is 11.4 Å². The van der Waals surface area contributed by atoms with Crippen molar-refractivity contribution in [3.63, 3.8) is 0 Å². The van der Waals surface area contributed by atoms with Gasteiger partial charge in [-0.05, 0) is 19.8 Å². The fourth-order valence-electron chi connectivity index (χ4n) is 2.85. The fourth-order valence-corrected chi connectivity index (χ4v) is 3.47. The van der Waals surface area contributed by atoms with E-state index in [1.54, 1.807) is 6.92 Å². The van der Waals surface area contributed by atoms with E-state index in [-0.39, 0.29) is 28.9 Å². The largest absolute Gasteiger partial charge is 0.462 e. The Labute approximate surface area is 172 Å². The van der Waals surface area contributed by atoms with Gasteiger partial charge in [0.1, 0.15) is 16.9 Å². The van der Waals surface area contributed by atoms with Crippen LogP contribution in [0.5, 0.6) is 0 Å². The van der Waals surface area contributed by atoms with Crippen molar-refractivity contribution in [2.45, 2.75) is 49.7 Å². The number of carbonyl (C=O) groups excluding carboxylic acids is 3. The molecule has 0 aliphatic heterocycles. The highest BCUT2D eigenvalue weighted by Gasteiger charge is 2.33. The van der Waals surface area contributed by atoms with Gasteiger partial charge in [0, 0.05) is 6.20 Å². The molecule has 1 heterocycles. The van der Waals surface area contributed by atoms with E-state index in [0.717, 1.165) is 31.0 Å². The van der Waals surface area contributed by atoms with Crippen LogP contribution in [-0.2, 0) is 19.1 Å². The van der Waals surface area contributed by atoms with Gasteiger partial charge in [-0.3, -0.25) is 9.59 Å². The molecule has 1 aliphatic carbocycles. The fraction of sp³-hybridized carbons (Fsp3) is 0.556. The van der Waals surface area contributed by atoms with E-state index in [1.165, 1.54) is 6.20 Å². The number of rotatable bonds is 8. The molecule has 1 aromatic rings. The number of nitrogen functional groups attached to an aromatic ring is 1. The molecule has 0 saturated heterocycles. The van der Waals surface area contributed by atoms with Gasteiger partial charge in [0.25, 0.3) is 5.91 Å². The Bertz CT molecular complexity index is 804. The topological polar surface area (TPSA) is 157 Å². The smallest absolute Gasteiger partial charge is 0.343 e. The van der Waals surface area contributed by atoms with Crippen LogP contribution in [0.3, 0.4) is 0 Å². The number of aromatic nitrogens is 2. The number of hydrogen-bond acceptors (Lipinski definition) is 10. The molecule has 0 radical (unpaired) electrons. The van der Waals surface area contributed by atoms with Gasteiger partial charge in [-0.1, -0.05) is 31.0 Å². The lowest BCUT2D eigenvalue weighted by atomic mass is 9.83. The molecule has 2 rings (SSSR count). The minimum Gasteiger partial charge on any atom is -0.462 e. The van der Waals surface area contributed by atoms with Crippen molar-refractivity contribution in [2.24, 2.45) is 0 Å². The number of carbonyl (C=O) groups is 3. The molecule has 11 heteroatoms. The van der Waals surface area contributed by atoms with Crippen molar-refractivity contribution < 1.29 is 23.9 Å². The van der Waals surface area contributed by atoms with Crippen molar-refractivity contribution in [1.82, 2.24) is 15.3 Å². The molecule has 1 aliphatic rings. The molecule has 0 bridgehead atoms. The highest BCUT2D eigenvalue weighted by Crippen LogP contribution is 2.27. The predicted molar refractivity (Wildman–Crippen MR) is 104 cm³/mol. The number of anilines is 1. The quantitative estimate of drug-likeness (QED) is 0.355. The first kappa shape index (κ1) is 22.4. The molecule has 0 atom stereocenters. The van der Waals surface area contributed by atoms with Crippen molar-refractivity contribution in [1.29, 1.82) is 5.26 Å². The number of nitrogens with one attached hydrogen (secondary N) is 1. The summed E-state index contributed by atoms with van der Waals surface area (Å²) in [6.45, 7) is 1.40. The first-order chi connectivity index (χ1) is 13.9. The SMILES string of the molecule is CCOC(=O)c1cnc(SCC(=O)OCC(=O)NC2(C#N)CCCCC2)nc1N. The zero-order valence-corrected chi connectivity index (χ0v) is 16.9. The summed E-state index contributed by atoms with van der Waals surface area (Å²) in [5.41, 5.74) is 4.88. The molecular weight excluding hydrogens is 398 g/mol. The Morgan fingerprint density at radius 1 is 1.31 bits per heavy atom. The Hall–Kier alpha value is -2.87. The maximum absolute atomic E-state index is 12.0. The van der Waals surface area contributed by atoms with E-state index in [1.807, 2.05) is 0 Å².